The van der Waals surface area contributed by atoms with E-state index in [1.54, 1.807) is 0 Å². The maximum absolute atomic E-state index is 13.1. The highest BCUT2D eigenvalue weighted by Gasteiger charge is 2.13. The molecule has 1 aromatic rings. The van der Waals surface area contributed by atoms with Gasteiger partial charge in [0.2, 0.25) is 0 Å². The molecule has 15 heavy (non-hydrogen) atoms. The molecule has 0 atom stereocenters. The summed E-state index contributed by atoms with van der Waals surface area (Å²) in [6.07, 6.45) is 0. The van der Waals surface area contributed by atoms with E-state index in [9.17, 15) is 13.6 Å². The van der Waals surface area contributed by atoms with Gasteiger partial charge in [-0.15, -0.1) is 0 Å². The van der Waals surface area contributed by atoms with Gasteiger partial charge in [0.05, 0.1) is 16.5 Å². The summed E-state index contributed by atoms with van der Waals surface area (Å²) >= 11 is 3.01. The van der Waals surface area contributed by atoms with Crippen LogP contribution < -0.4 is 0 Å². The third-order valence-corrected chi connectivity index (χ3v) is 1.86. The maximum Gasteiger partial charge on any atom is 0.338 e. The normalized spacial score (nSPS) is 9.27. The molecule has 1 N–H and O–H groups in total. The van der Waals surface area contributed by atoms with E-state index in [4.69, 9.17) is 5.11 Å². The molecule has 1 rings (SSSR count). The Kier molecular flexibility index (Phi) is 3.81. The fraction of sp³-hybridized carbons (Fsp3) is 0.100. The van der Waals surface area contributed by atoms with E-state index in [1.807, 2.05) is 0 Å². The van der Waals surface area contributed by atoms with Crippen LogP contribution in [0.2, 0.25) is 0 Å². The minimum absolute atomic E-state index is 0.131. The highest BCUT2D eigenvalue weighted by atomic mass is 79.9. The average molecular weight is 275 g/mol. The van der Waals surface area contributed by atoms with Crippen LogP contribution in [0, 0.1) is 23.5 Å². The summed E-state index contributed by atoms with van der Waals surface area (Å²) in [6.45, 7) is 0. The predicted octanol–water partition coefficient (Wildman–Crippen LogP) is 2.41. The molecule has 0 saturated carbocycles. The van der Waals surface area contributed by atoms with Crippen LogP contribution in [-0.2, 0) is 0 Å². The third kappa shape index (κ3) is 2.77. The van der Waals surface area contributed by atoms with E-state index in [1.165, 1.54) is 0 Å². The largest absolute Gasteiger partial charge is 0.478 e. The molecule has 0 aliphatic heterocycles. The second-order valence-electron chi connectivity index (χ2n) is 2.55. The lowest BCUT2D eigenvalue weighted by atomic mass is 10.1. The van der Waals surface area contributed by atoms with Crippen LogP contribution in [0.1, 0.15) is 15.9 Å². The Labute approximate surface area is 93.0 Å². The van der Waals surface area contributed by atoms with Gasteiger partial charge in [-0.3, -0.25) is 0 Å². The first-order valence-electron chi connectivity index (χ1n) is 3.83. The number of rotatable bonds is 1. The summed E-state index contributed by atoms with van der Waals surface area (Å²) < 4.78 is 26.0. The Morgan fingerprint density at radius 3 is 2.60 bits per heavy atom. The maximum atomic E-state index is 13.1. The quantitative estimate of drug-likeness (QED) is 0.631. The summed E-state index contributed by atoms with van der Waals surface area (Å²) in [6, 6.07) is 1.39. The van der Waals surface area contributed by atoms with Gasteiger partial charge in [-0.1, -0.05) is 27.8 Å². The topological polar surface area (TPSA) is 37.3 Å². The number of hydrogen-bond donors (Lipinski definition) is 1. The molecule has 0 radical (unpaired) electrons. The zero-order chi connectivity index (χ0) is 11.4. The van der Waals surface area contributed by atoms with Crippen molar-refractivity contribution < 1.29 is 18.7 Å². The molecule has 0 fully saturated rings. The van der Waals surface area contributed by atoms with Crippen LogP contribution in [0.15, 0.2) is 12.1 Å². The summed E-state index contributed by atoms with van der Waals surface area (Å²) in [7, 11) is 0. The molecule has 2 nitrogen and oxygen atoms in total. The molecule has 1 aromatic carbocycles. The second-order valence-corrected chi connectivity index (χ2v) is 3.11. The number of benzene rings is 1. The van der Waals surface area contributed by atoms with Crippen molar-refractivity contribution in [2.45, 2.75) is 0 Å². The molecule has 0 unspecified atom stereocenters. The zero-order valence-corrected chi connectivity index (χ0v) is 8.94. The number of carboxylic acids is 1. The first-order valence-corrected chi connectivity index (χ1v) is 4.95. The van der Waals surface area contributed by atoms with Gasteiger partial charge in [0.25, 0.3) is 0 Å². The smallest absolute Gasteiger partial charge is 0.338 e. The van der Waals surface area contributed by atoms with Gasteiger partial charge >= 0.3 is 5.97 Å². The van der Waals surface area contributed by atoms with E-state index in [-0.39, 0.29) is 5.56 Å². The van der Waals surface area contributed by atoms with Crippen molar-refractivity contribution in [2.75, 3.05) is 5.33 Å². The van der Waals surface area contributed by atoms with Crippen molar-refractivity contribution in [3.8, 4) is 11.8 Å². The minimum Gasteiger partial charge on any atom is -0.478 e. The van der Waals surface area contributed by atoms with Crippen molar-refractivity contribution >= 4 is 21.9 Å². The zero-order valence-electron chi connectivity index (χ0n) is 7.35. The molecule has 0 heterocycles. The Hall–Kier alpha value is -1.41. The summed E-state index contributed by atoms with van der Waals surface area (Å²) in [5, 5.41) is 8.91. The number of aromatic carboxylic acids is 1. The van der Waals surface area contributed by atoms with Gasteiger partial charge in [-0.05, 0) is 6.07 Å². The van der Waals surface area contributed by atoms with Gasteiger partial charge < -0.3 is 5.11 Å². The number of hydrogen-bond acceptors (Lipinski definition) is 1. The van der Waals surface area contributed by atoms with Crippen LogP contribution in [-0.4, -0.2) is 16.4 Å². The molecule has 0 amide bonds. The van der Waals surface area contributed by atoms with Crippen LogP contribution in [0.3, 0.4) is 0 Å². The van der Waals surface area contributed by atoms with Crippen LogP contribution in [0.4, 0.5) is 8.78 Å². The molecular formula is C10H5BrF2O2. The van der Waals surface area contributed by atoms with E-state index >= 15 is 0 Å². The van der Waals surface area contributed by atoms with Crippen molar-refractivity contribution in [2.24, 2.45) is 0 Å². The number of alkyl halides is 1. The van der Waals surface area contributed by atoms with Gasteiger partial charge in [0.15, 0.2) is 0 Å². The van der Waals surface area contributed by atoms with Gasteiger partial charge in [-0.25, -0.2) is 13.6 Å². The molecule has 0 spiro atoms. The molecular weight excluding hydrogens is 270 g/mol. The molecule has 0 aliphatic carbocycles. The van der Waals surface area contributed by atoms with Crippen molar-refractivity contribution in [3.63, 3.8) is 0 Å². The highest BCUT2D eigenvalue weighted by Crippen LogP contribution is 2.14. The number of halogens is 3. The molecule has 0 saturated heterocycles. The molecule has 0 aliphatic rings. The van der Waals surface area contributed by atoms with Gasteiger partial charge in [0, 0.05) is 6.07 Å². The fourth-order valence-corrected chi connectivity index (χ4v) is 1.08. The SMILES string of the molecule is O=C(O)c1cc(C#CCBr)c(F)cc1F. The van der Waals surface area contributed by atoms with Crippen molar-refractivity contribution in [3.05, 3.63) is 34.9 Å². The lowest BCUT2D eigenvalue weighted by Crippen LogP contribution is -2.02. The summed E-state index contributed by atoms with van der Waals surface area (Å²) in [4.78, 5) is 10.5. The third-order valence-electron chi connectivity index (χ3n) is 1.58. The molecule has 5 heteroatoms. The van der Waals surface area contributed by atoms with Crippen molar-refractivity contribution in [1.82, 2.24) is 0 Å². The molecule has 78 valence electrons. The van der Waals surface area contributed by atoms with Gasteiger partial charge in [0.1, 0.15) is 11.6 Å². The standard InChI is InChI=1S/C10H5BrF2O2/c11-3-1-2-6-4-7(10(14)15)9(13)5-8(6)12/h4-5H,3H2,(H,14,15). The Bertz CT molecular complexity index is 460. The fourth-order valence-electron chi connectivity index (χ4n) is 0.937. The van der Waals surface area contributed by atoms with E-state index < -0.39 is 23.2 Å². The van der Waals surface area contributed by atoms with Crippen LogP contribution >= 0.6 is 15.9 Å². The lowest BCUT2D eigenvalue weighted by Gasteiger charge is -1.99. The van der Waals surface area contributed by atoms with E-state index in [2.05, 4.69) is 27.8 Å². The summed E-state index contributed by atoms with van der Waals surface area (Å²) in [5.74, 6) is 1.46. The predicted molar refractivity (Wildman–Crippen MR) is 54.0 cm³/mol. The van der Waals surface area contributed by atoms with Crippen LogP contribution in [0.25, 0.3) is 0 Å². The summed E-state index contributed by atoms with van der Waals surface area (Å²) in [5.41, 5.74) is -0.719. The molecule has 0 bridgehead atoms. The van der Waals surface area contributed by atoms with E-state index in [0.29, 0.717) is 11.4 Å². The van der Waals surface area contributed by atoms with Gasteiger partial charge in [-0.2, -0.15) is 0 Å². The Balaban J connectivity index is 3.29. The van der Waals surface area contributed by atoms with Crippen molar-refractivity contribution in [1.29, 1.82) is 0 Å². The minimum atomic E-state index is -1.45. The van der Waals surface area contributed by atoms with E-state index in [0.717, 1.165) is 6.07 Å². The Morgan fingerprint density at radius 1 is 1.40 bits per heavy atom. The Morgan fingerprint density at radius 2 is 2.07 bits per heavy atom. The second kappa shape index (κ2) is 4.89. The highest BCUT2D eigenvalue weighted by molar-refractivity contribution is 9.09. The van der Waals surface area contributed by atoms with Crippen LogP contribution in [0.5, 0.6) is 0 Å². The first-order chi connectivity index (χ1) is 7.06. The lowest BCUT2D eigenvalue weighted by molar-refractivity contribution is 0.0691. The average Bonchev–Trinajstić information content (AvgIpc) is 2.16. The molecule has 0 aromatic heterocycles. The number of carbonyl (C=O) groups is 1. The number of carboxylic acid groups (broad SMARTS) is 1. The monoisotopic (exact) mass is 274 g/mol. The first kappa shape index (κ1) is 11.7.